The van der Waals surface area contributed by atoms with E-state index in [1.54, 1.807) is 12.3 Å². The summed E-state index contributed by atoms with van der Waals surface area (Å²) in [6.45, 7) is 0. The number of nitrogens with zero attached hydrogens (tertiary/aromatic N) is 1. The number of hydrogen-bond acceptors (Lipinski definition) is 2. The van der Waals surface area contributed by atoms with Gasteiger partial charge in [0.25, 0.3) is 0 Å². The first-order valence-corrected chi connectivity index (χ1v) is 7.45. The van der Waals surface area contributed by atoms with Crippen LogP contribution < -0.4 is 5.32 Å². The Kier molecular flexibility index (Phi) is 3.99. The number of benzene rings is 2. The fourth-order valence-corrected chi connectivity index (χ4v) is 3.18. The van der Waals surface area contributed by atoms with Crippen LogP contribution in [-0.2, 0) is 0 Å². The quantitative estimate of drug-likeness (QED) is 0.759. The third-order valence-corrected chi connectivity index (χ3v) is 4.28. The smallest absolute Gasteiger partial charge is 0.124 e. The maximum atomic E-state index is 13.3. The van der Waals surface area contributed by atoms with Crippen molar-refractivity contribution in [3.8, 4) is 0 Å². The second kappa shape index (κ2) is 5.92. The molecule has 0 radical (unpaired) electrons. The monoisotopic (exact) mass is 344 g/mol. The van der Waals surface area contributed by atoms with Crippen LogP contribution in [0.15, 0.2) is 59.3 Å². The van der Waals surface area contributed by atoms with E-state index in [4.69, 9.17) is 0 Å². The Bertz CT molecular complexity index is 783. The maximum absolute atomic E-state index is 13.3. The van der Waals surface area contributed by atoms with Crippen LogP contribution in [0.5, 0.6) is 0 Å². The molecule has 2 nitrogen and oxygen atoms in total. The molecule has 0 aliphatic carbocycles. The molecule has 0 spiro atoms. The molecule has 4 heteroatoms. The summed E-state index contributed by atoms with van der Waals surface area (Å²) >= 11 is 3.45. The lowest BCUT2D eigenvalue weighted by atomic mass is 9.95. The largest absolute Gasteiger partial charge is 0.309 e. The van der Waals surface area contributed by atoms with E-state index in [1.807, 2.05) is 25.4 Å². The fourth-order valence-electron chi connectivity index (χ4n) is 2.60. The minimum Gasteiger partial charge on any atom is -0.309 e. The van der Waals surface area contributed by atoms with Gasteiger partial charge in [-0.3, -0.25) is 4.98 Å². The van der Waals surface area contributed by atoms with Gasteiger partial charge in [0.05, 0.1) is 6.04 Å². The number of halogens is 2. The van der Waals surface area contributed by atoms with Crippen molar-refractivity contribution >= 4 is 26.7 Å². The van der Waals surface area contributed by atoms with Crippen LogP contribution in [0.3, 0.4) is 0 Å². The molecule has 1 aromatic heterocycles. The number of aromatic nitrogens is 1. The molecule has 0 aliphatic rings. The minimum absolute atomic E-state index is 0.0344. The Labute approximate surface area is 131 Å². The van der Waals surface area contributed by atoms with E-state index in [0.29, 0.717) is 0 Å². The van der Waals surface area contributed by atoms with Gasteiger partial charge in [-0.25, -0.2) is 4.39 Å². The van der Waals surface area contributed by atoms with Crippen LogP contribution in [-0.4, -0.2) is 12.0 Å². The third kappa shape index (κ3) is 2.69. The van der Waals surface area contributed by atoms with Crippen molar-refractivity contribution in [3.05, 3.63) is 76.3 Å². The van der Waals surface area contributed by atoms with Gasteiger partial charge in [0, 0.05) is 22.3 Å². The molecule has 1 N–H and O–H groups in total. The molecule has 3 rings (SSSR count). The summed E-state index contributed by atoms with van der Waals surface area (Å²) in [5.41, 5.74) is 2.12. The number of fused-ring (bicyclic) bond motifs is 1. The summed E-state index contributed by atoms with van der Waals surface area (Å²) in [5.74, 6) is -0.250. The number of rotatable bonds is 3. The van der Waals surface area contributed by atoms with Gasteiger partial charge in [-0.05, 0) is 41.8 Å². The van der Waals surface area contributed by atoms with E-state index < -0.39 is 0 Å². The zero-order chi connectivity index (χ0) is 14.8. The van der Waals surface area contributed by atoms with Gasteiger partial charge in [-0.1, -0.05) is 40.2 Å². The summed E-state index contributed by atoms with van der Waals surface area (Å²) < 4.78 is 14.1. The second-order valence-electron chi connectivity index (χ2n) is 4.83. The standard InChI is InChI=1S/C17H14BrFN2/c1-20-17(14-6-5-12(19)9-16(14)18)13-4-2-3-11-7-8-21-10-15(11)13/h2-10,17,20H,1H3. The van der Waals surface area contributed by atoms with Gasteiger partial charge in [0.1, 0.15) is 5.82 Å². The fraction of sp³-hybridized carbons (Fsp3) is 0.118. The normalized spacial score (nSPS) is 12.5. The van der Waals surface area contributed by atoms with Gasteiger partial charge >= 0.3 is 0 Å². The first-order valence-electron chi connectivity index (χ1n) is 6.65. The number of pyridine rings is 1. The van der Waals surface area contributed by atoms with Gasteiger partial charge in [-0.15, -0.1) is 0 Å². The van der Waals surface area contributed by atoms with Crippen LogP contribution in [0, 0.1) is 5.82 Å². The van der Waals surface area contributed by atoms with Gasteiger partial charge < -0.3 is 5.32 Å². The van der Waals surface area contributed by atoms with Crippen molar-refractivity contribution in [2.24, 2.45) is 0 Å². The lowest BCUT2D eigenvalue weighted by Crippen LogP contribution is -2.18. The Hall–Kier alpha value is -1.78. The summed E-state index contributed by atoms with van der Waals surface area (Å²) in [7, 11) is 1.90. The van der Waals surface area contributed by atoms with Crippen LogP contribution in [0.4, 0.5) is 4.39 Å². The van der Waals surface area contributed by atoms with E-state index in [9.17, 15) is 4.39 Å². The Morgan fingerprint density at radius 1 is 1.14 bits per heavy atom. The molecule has 0 fully saturated rings. The Morgan fingerprint density at radius 2 is 2.00 bits per heavy atom. The molecule has 0 bridgehead atoms. The first kappa shape index (κ1) is 14.2. The van der Waals surface area contributed by atoms with Crippen LogP contribution in [0.25, 0.3) is 10.8 Å². The van der Waals surface area contributed by atoms with Gasteiger partial charge in [0.2, 0.25) is 0 Å². The van der Waals surface area contributed by atoms with Crippen LogP contribution in [0.2, 0.25) is 0 Å². The SMILES string of the molecule is CNC(c1ccc(F)cc1Br)c1cccc2ccncc12. The van der Waals surface area contributed by atoms with E-state index in [0.717, 1.165) is 26.4 Å². The maximum Gasteiger partial charge on any atom is 0.124 e. The number of nitrogens with one attached hydrogen (secondary N) is 1. The molecule has 106 valence electrons. The van der Waals surface area contributed by atoms with Crippen molar-refractivity contribution in [2.45, 2.75) is 6.04 Å². The Morgan fingerprint density at radius 3 is 2.76 bits per heavy atom. The van der Waals surface area contributed by atoms with Crippen molar-refractivity contribution in [3.63, 3.8) is 0 Å². The van der Waals surface area contributed by atoms with Crippen LogP contribution in [0.1, 0.15) is 17.2 Å². The highest BCUT2D eigenvalue weighted by Gasteiger charge is 2.17. The lowest BCUT2D eigenvalue weighted by Gasteiger charge is -2.20. The molecule has 3 aromatic rings. The summed E-state index contributed by atoms with van der Waals surface area (Å²) in [6.07, 6.45) is 3.65. The molecule has 0 saturated heterocycles. The molecule has 0 saturated carbocycles. The predicted octanol–water partition coefficient (Wildman–Crippen LogP) is 4.45. The average Bonchev–Trinajstić information content (AvgIpc) is 2.50. The van der Waals surface area contributed by atoms with Crippen molar-refractivity contribution in [1.29, 1.82) is 0 Å². The highest BCUT2D eigenvalue weighted by atomic mass is 79.9. The van der Waals surface area contributed by atoms with E-state index >= 15 is 0 Å². The molecule has 2 aromatic carbocycles. The molecule has 0 amide bonds. The summed E-state index contributed by atoms with van der Waals surface area (Å²) in [4.78, 5) is 4.22. The van der Waals surface area contributed by atoms with Gasteiger partial charge in [0.15, 0.2) is 0 Å². The Balaban J connectivity index is 2.18. The minimum atomic E-state index is -0.250. The van der Waals surface area contributed by atoms with E-state index in [-0.39, 0.29) is 11.9 Å². The lowest BCUT2D eigenvalue weighted by molar-refractivity contribution is 0.622. The predicted molar refractivity (Wildman–Crippen MR) is 86.7 cm³/mol. The highest BCUT2D eigenvalue weighted by Crippen LogP contribution is 2.32. The first-order chi connectivity index (χ1) is 10.2. The molecule has 1 atom stereocenters. The van der Waals surface area contributed by atoms with Gasteiger partial charge in [-0.2, -0.15) is 0 Å². The van der Waals surface area contributed by atoms with Crippen molar-refractivity contribution in [2.75, 3.05) is 7.05 Å². The zero-order valence-electron chi connectivity index (χ0n) is 11.5. The third-order valence-electron chi connectivity index (χ3n) is 3.59. The summed E-state index contributed by atoms with van der Waals surface area (Å²) in [5, 5.41) is 5.54. The van der Waals surface area contributed by atoms with Crippen molar-refractivity contribution in [1.82, 2.24) is 10.3 Å². The molecule has 0 aliphatic heterocycles. The molecular formula is C17H14BrFN2. The highest BCUT2D eigenvalue weighted by molar-refractivity contribution is 9.10. The second-order valence-corrected chi connectivity index (χ2v) is 5.69. The molecule has 1 heterocycles. The average molecular weight is 345 g/mol. The topological polar surface area (TPSA) is 24.9 Å². The van der Waals surface area contributed by atoms with Crippen LogP contribution >= 0.6 is 15.9 Å². The zero-order valence-corrected chi connectivity index (χ0v) is 13.1. The summed E-state index contributed by atoms with van der Waals surface area (Å²) in [6, 6.07) is 12.9. The van der Waals surface area contributed by atoms with Crippen molar-refractivity contribution < 1.29 is 4.39 Å². The number of hydrogen-bond donors (Lipinski definition) is 1. The molecule has 21 heavy (non-hydrogen) atoms. The van der Waals surface area contributed by atoms with E-state index in [1.165, 1.54) is 12.1 Å². The molecule has 1 unspecified atom stereocenters. The van der Waals surface area contributed by atoms with E-state index in [2.05, 4.69) is 38.4 Å². The molecular weight excluding hydrogens is 331 g/mol.